The lowest BCUT2D eigenvalue weighted by Gasteiger charge is -2.55. The van der Waals surface area contributed by atoms with Crippen LogP contribution < -0.4 is 0 Å². The SMILES string of the molecule is C[N+]12CC[N+](C)(CC1)C(CF)C2. The molecule has 0 radical (unpaired) electrons. The van der Waals surface area contributed by atoms with Gasteiger partial charge >= 0.3 is 0 Å². The van der Waals surface area contributed by atoms with Crippen molar-refractivity contribution in [2.75, 3.05) is 53.5 Å². The summed E-state index contributed by atoms with van der Waals surface area (Å²) in [5.74, 6) is 0. The standard InChI is InChI=1S/C9H19FN2/c1-11-3-5-12(2,6-4-11)9(7-10)8-11/h9H,3-8H2,1-2H3/q+2. The number of piperazine rings is 3. The van der Waals surface area contributed by atoms with Crippen LogP contribution in [0.25, 0.3) is 0 Å². The zero-order valence-corrected chi connectivity index (χ0v) is 8.09. The number of nitrogens with zero attached hydrogens (tertiary/aromatic N) is 2. The fourth-order valence-corrected chi connectivity index (χ4v) is 2.63. The van der Waals surface area contributed by atoms with Crippen molar-refractivity contribution in [1.82, 2.24) is 0 Å². The van der Waals surface area contributed by atoms with E-state index >= 15 is 0 Å². The fourth-order valence-electron chi connectivity index (χ4n) is 2.63. The lowest BCUT2D eigenvalue weighted by Crippen LogP contribution is -2.76. The molecule has 0 amide bonds. The van der Waals surface area contributed by atoms with Crippen LogP contribution in [0.1, 0.15) is 0 Å². The van der Waals surface area contributed by atoms with Crippen LogP contribution in [0, 0.1) is 0 Å². The van der Waals surface area contributed by atoms with Crippen molar-refractivity contribution in [2.45, 2.75) is 6.04 Å². The molecule has 0 aliphatic carbocycles. The molecule has 0 aromatic carbocycles. The fraction of sp³-hybridized carbons (Fsp3) is 1.00. The number of fused-ring (bicyclic) bond motifs is 3. The highest BCUT2D eigenvalue weighted by atomic mass is 19.1. The highest BCUT2D eigenvalue weighted by molar-refractivity contribution is 4.68. The molecule has 12 heavy (non-hydrogen) atoms. The van der Waals surface area contributed by atoms with Crippen molar-refractivity contribution in [1.29, 1.82) is 0 Å². The molecule has 3 aliphatic rings. The molecule has 3 fully saturated rings. The highest BCUT2D eigenvalue weighted by Crippen LogP contribution is 2.27. The number of rotatable bonds is 1. The van der Waals surface area contributed by atoms with E-state index in [0.29, 0.717) is 0 Å². The number of likely N-dealkylation sites (N-methyl/N-ethyl adjacent to an activating group) is 2. The Morgan fingerprint density at radius 1 is 1.17 bits per heavy atom. The molecule has 70 valence electrons. The molecule has 2 nitrogen and oxygen atoms in total. The smallest absolute Gasteiger partial charge is 0.167 e. The molecule has 3 saturated heterocycles. The van der Waals surface area contributed by atoms with Gasteiger partial charge in [0, 0.05) is 0 Å². The van der Waals surface area contributed by atoms with Gasteiger partial charge in [-0.2, -0.15) is 0 Å². The third-order valence-electron chi connectivity index (χ3n) is 4.01. The Morgan fingerprint density at radius 3 is 2.17 bits per heavy atom. The van der Waals surface area contributed by atoms with Gasteiger partial charge in [-0.3, -0.25) is 0 Å². The first-order valence-corrected chi connectivity index (χ1v) is 4.82. The minimum Gasteiger partial charge on any atom is -0.312 e. The topological polar surface area (TPSA) is 0 Å². The van der Waals surface area contributed by atoms with E-state index in [1.807, 2.05) is 0 Å². The summed E-state index contributed by atoms with van der Waals surface area (Å²) < 4.78 is 14.8. The van der Waals surface area contributed by atoms with Gasteiger partial charge in [0.15, 0.2) is 6.04 Å². The summed E-state index contributed by atoms with van der Waals surface area (Å²) in [6.45, 7) is 5.74. The van der Waals surface area contributed by atoms with Crippen molar-refractivity contribution >= 4 is 0 Å². The zero-order chi connectivity index (χ0) is 8.82. The average Bonchev–Trinajstić information content (AvgIpc) is 2.07. The number of halogens is 1. The molecule has 2 bridgehead atoms. The Labute approximate surface area is 73.8 Å². The van der Waals surface area contributed by atoms with Crippen molar-refractivity contribution in [3.63, 3.8) is 0 Å². The highest BCUT2D eigenvalue weighted by Gasteiger charge is 2.51. The van der Waals surface area contributed by atoms with Gasteiger partial charge in [0.1, 0.15) is 39.4 Å². The minimum absolute atomic E-state index is 0.135. The molecular formula is C9H19FN2+2. The maximum absolute atomic E-state index is 12.7. The number of hydrogen-bond donors (Lipinski definition) is 0. The van der Waals surface area contributed by atoms with Crippen LogP contribution in [-0.4, -0.2) is 68.5 Å². The van der Waals surface area contributed by atoms with Crippen molar-refractivity contribution in [2.24, 2.45) is 0 Å². The monoisotopic (exact) mass is 174 g/mol. The van der Waals surface area contributed by atoms with Crippen molar-refractivity contribution in [3.8, 4) is 0 Å². The lowest BCUT2D eigenvalue weighted by atomic mass is 10.0. The van der Waals surface area contributed by atoms with Crippen LogP contribution in [-0.2, 0) is 0 Å². The van der Waals surface area contributed by atoms with Crippen LogP contribution in [0.5, 0.6) is 0 Å². The summed E-state index contributed by atoms with van der Waals surface area (Å²) in [4.78, 5) is 0. The van der Waals surface area contributed by atoms with Gasteiger partial charge in [0.05, 0.1) is 14.1 Å². The number of alkyl halides is 1. The van der Waals surface area contributed by atoms with E-state index in [1.165, 1.54) is 26.2 Å². The molecule has 1 atom stereocenters. The molecule has 0 spiro atoms. The summed E-state index contributed by atoms with van der Waals surface area (Å²) in [7, 11) is 4.48. The van der Waals surface area contributed by atoms with E-state index in [2.05, 4.69) is 14.1 Å². The molecular weight excluding hydrogens is 155 g/mol. The van der Waals surface area contributed by atoms with Crippen LogP contribution in [0.15, 0.2) is 0 Å². The molecule has 3 heteroatoms. The van der Waals surface area contributed by atoms with Crippen LogP contribution >= 0.6 is 0 Å². The van der Waals surface area contributed by atoms with Crippen molar-refractivity contribution < 1.29 is 13.4 Å². The van der Waals surface area contributed by atoms with Gasteiger partial charge in [-0.1, -0.05) is 0 Å². The molecule has 3 aliphatic heterocycles. The van der Waals surface area contributed by atoms with E-state index in [1.54, 1.807) is 0 Å². The summed E-state index contributed by atoms with van der Waals surface area (Å²) >= 11 is 0. The maximum Gasteiger partial charge on any atom is 0.167 e. The predicted octanol–water partition coefficient (Wildman–Crippen LogP) is 0.245. The first-order valence-electron chi connectivity index (χ1n) is 4.82. The minimum atomic E-state index is -0.135. The molecule has 3 rings (SSSR count). The van der Waals surface area contributed by atoms with Crippen LogP contribution in [0.2, 0.25) is 0 Å². The quantitative estimate of drug-likeness (QED) is 0.500. The van der Waals surface area contributed by atoms with E-state index in [0.717, 1.165) is 15.5 Å². The predicted molar refractivity (Wildman–Crippen MR) is 46.5 cm³/mol. The summed E-state index contributed by atoms with van der Waals surface area (Å²) in [6.07, 6.45) is 0. The van der Waals surface area contributed by atoms with Gasteiger partial charge < -0.3 is 8.97 Å². The molecule has 0 aromatic heterocycles. The van der Waals surface area contributed by atoms with Gasteiger partial charge in [0.2, 0.25) is 0 Å². The average molecular weight is 174 g/mol. The van der Waals surface area contributed by atoms with Gasteiger partial charge in [-0.15, -0.1) is 0 Å². The maximum atomic E-state index is 12.7. The Bertz CT molecular complexity index is 185. The number of hydrogen-bond acceptors (Lipinski definition) is 0. The van der Waals surface area contributed by atoms with Crippen molar-refractivity contribution in [3.05, 3.63) is 0 Å². The normalized spacial score (nSPS) is 52.8. The Kier molecular flexibility index (Phi) is 1.70. The molecule has 3 heterocycles. The summed E-state index contributed by atoms with van der Waals surface area (Å²) in [6, 6.07) is 0.275. The third kappa shape index (κ3) is 1.07. The molecule has 0 aromatic rings. The largest absolute Gasteiger partial charge is 0.312 e. The van der Waals surface area contributed by atoms with Crippen LogP contribution in [0.4, 0.5) is 4.39 Å². The van der Waals surface area contributed by atoms with Gasteiger partial charge in [-0.25, -0.2) is 4.39 Å². The first kappa shape index (κ1) is 8.45. The Hall–Kier alpha value is -0.150. The van der Waals surface area contributed by atoms with Gasteiger partial charge in [0.25, 0.3) is 0 Å². The van der Waals surface area contributed by atoms with Gasteiger partial charge in [-0.05, 0) is 0 Å². The van der Waals surface area contributed by atoms with E-state index in [-0.39, 0.29) is 12.7 Å². The Morgan fingerprint density at radius 2 is 1.75 bits per heavy atom. The zero-order valence-electron chi connectivity index (χ0n) is 8.09. The second-order valence-corrected chi connectivity index (χ2v) is 4.98. The summed E-state index contributed by atoms with van der Waals surface area (Å²) in [5, 5.41) is 0. The molecule has 1 unspecified atom stereocenters. The third-order valence-corrected chi connectivity index (χ3v) is 4.01. The first-order chi connectivity index (χ1) is 5.58. The van der Waals surface area contributed by atoms with Crippen LogP contribution in [0.3, 0.4) is 0 Å². The van der Waals surface area contributed by atoms with E-state index in [9.17, 15) is 4.39 Å². The second-order valence-electron chi connectivity index (χ2n) is 4.98. The summed E-state index contributed by atoms with van der Waals surface area (Å²) in [5.41, 5.74) is 0. The molecule has 0 saturated carbocycles. The second kappa shape index (κ2) is 2.42. The number of quaternary nitrogens is 2. The Balaban J connectivity index is 2.19. The van der Waals surface area contributed by atoms with E-state index in [4.69, 9.17) is 0 Å². The molecule has 0 N–H and O–H groups in total. The lowest BCUT2D eigenvalue weighted by molar-refractivity contribution is -1.08. The van der Waals surface area contributed by atoms with E-state index < -0.39 is 0 Å².